The Morgan fingerprint density at radius 1 is 1.57 bits per heavy atom. The molecule has 1 fully saturated rings. The molecule has 0 aromatic heterocycles. The largest absolute Gasteiger partial charge is 0.306 e. The molecule has 2 atom stereocenters. The third kappa shape index (κ3) is 1.45. The van der Waals surface area contributed by atoms with Gasteiger partial charge in [-0.1, -0.05) is 20.8 Å². The maximum atomic E-state index is 11.9. The summed E-state index contributed by atoms with van der Waals surface area (Å²) >= 11 is 0. The summed E-state index contributed by atoms with van der Waals surface area (Å²) in [5, 5.41) is 4.26. The minimum absolute atomic E-state index is 0.0769. The van der Waals surface area contributed by atoms with Crippen LogP contribution in [0.25, 0.3) is 0 Å². The van der Waals surface area contributed by atoms with Gasteiger partial charge in [0.1, 0.15) is 5.78 Å². The number of nitrogens with one attached hydrogen (secondary N) is 1. The summed E-state index contributed by atoms with van der Waals surface area (Å²) in [6.07, 6.45) is 2.64. The zero-order valence-corrected chi connectivity index (χ0v) is 9.13. The van der Waals surface area contributed by atoms with Crippen molar-refractivity contribution in [2.45, 2.75) is 46.1 Å². The molecule has 14 heavy (non-hydrogen) atoms. The lowest BCUT2D eigenvalue weighted by Crippen LogP contribution is -2.45. The highest BCUT2D eigenvalue weighted by atomic mass is 16.1. The van der Waals surface area contributed by atoms with Crippen LogP contribution in [-0.4, -0.2) is 17.5 Å². The van der Waals surface area contributed by atoms with Gasteiger partial charge in [0, 0.05) is 6.42 Å². The zero-order chi connectivity index (χ0) is 10.3. The molecule has 2 rings (SSSR count). The molecule has 1 N–H and O–H groups in total. The molecule has 3 nitrogen and oxygen atoms in total. The average molecular weight is 194 g/mol. The summed E-state index contributed by atoms with van der Waals surface area (Å²) < 4.78 is 0. The molecular weight excluding hydrogens is 176 g/mol. The Kier molecular flexibility index (Phi) is 2.13. The topological polar surface area (TPSA) is 41.5 Å². The van der Waals surface area contributed by atoms with Gasteiger partial charge in [0.15, 0.2) is 0 Å². The fourth-order valence-electron chi connectivity index (χ4n) is 2.66. The van der Waals surface area contributed by atoms with Gasteiger partial charge in [-0.25, -0.2) is 0 Å². The van der Waals surface area contributed by atoms with Crippen molar-refractivity contribution in [3.63, 3.8) is 0 Å². The lowest BCUT2D eigenvalue weighted by atomic mass is 9.68. The molecule has 0 aromatic rings. The Hall–Kier alpha value is -0.860. The summed E-state index contributed by atoms with van der Waals surface area (Å²) in [5.74, 6) is 0.449. The smallest absolute Gasteiger partial charge is 0.144 e. The van der Waals surface area contributed by atoms with E-state index in [2.05, 4.69) is 31.3 Å². The Bertz CT molecular complexity index is 294. The van der Waals surface area contributed by atoms with Crippen LogP contribution in [0.15, 0.2) is 5.10 Å². The van der Waals surface area contributed by atoms with E-state index in [1.54, 1.807) is 0 Å². The van der Waals surface area contributed by atoms with E-state index >= 15 is 0 Å². The van der Waals surface area contributed by atoms with E-state index in [0.717, 1.165) is 18.6 Å². The lowest BCUT2D eigenvalue weighted by molar-refractivity contribution is -0.126. The molecule has 1 heterocycles. The fourth-order valence-corrected chi connectivity index (χ4v) is 2.66. The first kappa shape index (κ1) is 9.69. The second-order valence-corrected chi connectivity index (χ2v) is 5.18. The van der Waals surface area contributed by atoms with Gasteiger partial charge >= 0.3 is 0 Å². The third-order valence-electron chi connectivity index (χ3n) is 3.27. The number of Topliss-reactive ketones (excluding diaryl/α,β-unsaturated/α-hetero) is 1. The van der Waals surface area contributed by atoms with Gasteiger partial charge in [0.25, 0.3) is 0 Å². The molecule has 2 aliphatic rings. The van der Waals surface area contributed by atoms with E-state index in [4.69, 9.17) is 0 Å². The molecule has 1 aliphatic heterocycles. The fraction of sp³-hybridized carbons (Fsp3) is 0.818. The predicted molar refractivity (Wildman–Crippen MR) is 56.2 cm³/mol. The summed E-state index contributed by atoms with van der Waals surface area (Å²) in [6.45, 7) is 6.38. The predicted octanol–water partition coefficient (Wildman–Crippen LogP) is 1.73. The number of ketones is 1. The minimum Gasteiger partial charge on any atom is -0.306 e. The average Bonchev–Trinajstić information content (AvgIpc) is 2.44. The molecule has 0 bridgehead atoms. The van der Waals surface area contributed by atoms with Crippen molar-refractivity contribution in [3.05, 3.63) is 0 Å². The lowest BCUT2D eigenvalue weighted by Gasteiger charge is -2.36. The number of hydrogen-bond acceptors (Lipinski definition) is 3. The monoisotopic (exact) mass is 194 g/mol. The highest BCUT2D eigenvalue weighted by molar-refractivity contribution is 6.07. The van der Waals surface area contributed by atoms with Crippen LogP contribution in [0.2, 0.25) is 0 Å². The third-order valence-corrected chi connectivity index (χ3v) is 3.27. The van der Waals surface area contributed by atoms with Crippen molar-refractivity contribution >= 4 is 11.5 Å². The molecular formula is C11H18N2O. The second kappa shape index (κ2) is 3.07. The summed E-state index contributed by atoms with van der Waals surface area (Å²) in [7, 11) is 0. The Labute approximate surface area is 85.0 Å². The molecule has 78 valence electrons. The first-order valence-electron chi connectivity index (χ1n) is 5.38. The molecule has 0 spiro atoms. The van der Waals surface area contributed by atoms with E-state index in [-0.39, 0.29) is 17.4 Å². The number of rotatable bonds is 1. The van der Waals surface area contributed by atoms with Gasteiger partial charge in [-0.2, -0.15) is 5.10 Å². The van der Waals surface area contributed by atoms with Crippen molar-refractivity contribution in [1.82, 2.24) is 5.43 Å². The van der Waals surface area contributed by atoms with Crippen LogP contribution in [0, 0.1) is 11.3 Å². The van der Waals surface area contributed by atoms with Crippen LogP contribution in [0.1, 0.15) is 40.0 Å². The number of carbonyl (C=O) groups excluding carboxylic acids is 1. The van der Waals surface area contributed by atoms with Gasteiger partial charge in [-0.05, 0) is 18.3 Å². The zero-order valence-electron chi connectivity index (χ0n) is 9.13. The highest BCUT2D eigenvalue weighted by Crippen LogP contribution is 2.38. The molecule has 0 unspecified atom stereocenters. The number of fused-ring (bicyclic) bond motifs is 1. The van der Waals surface area contributed by atoms with E-state index in [9.17, 15) is 4.79 Å². The van der Waals surface area contributed by atoms with E-state index in [1.165, 1.54) is 0 Å². The molecule has 0 saturated heterocycles. The van der Waals surface area contributed by atoms with Crippen LogP contribution < -0.4 is 5.43 Å². The number of nitrogens with zero attached hydrogens (tertiary/aromatic N) is 1. The molecule has 0 aromatic carbocycles. The number of hydrogen-bond donors (Lipinski definition) is 1. The number of hydrazone groups is 1. The van der Waals surface area contributed by atoms with Crippen LogP contribution in [0.3, 0.4) is 0 Å². The van der Waals surface area contributed by atoms with Gasteiger partial charge in [-0.15, -0.1) is 0 Å². The minimum atomic E-state index is 0.0769. The van der Waals surface area contributed by atoms with Crippen LogP contribution >= 0.6 is 0 Å². The summed E-state index contributed by atoms with van der Waals surface area (Å²) in [4.78, 5) is 11.9. The summed E-state index contributed by atoms with van der Waals surface area (Å²) in [5.41, 5.74) is 4.31. The second-order valence-electron chi connectivity index (χ2n) is 5.18. The molecule has 0 amide bonds. The Balaban J connectivity index is 2.20. The van der Waals surface area contributed by atoms with E-state index in [1.807, 2.05) is 0 Å². The van der Waals surface area contributed by atoms with Gasteiger partial charge in [0.05, 0.1) is 17.7 Å². The van der Waals surface area contributed by atoms with Crippen molar-refractivity contribution in [1.29, 1.82) is 0 Å². The van der Waals surface area contributed by atoms with Crippen LogP contribution in [-0.2, 0) is 4.79 Å². The molecule has 1 aliphatic carbocycles. The quantitative estimate of drug-likeness (QED) is 0.690. The Morgan fingerprint density at radius 2 is 2.29 bits per heavy atom. The first-order valence-corrected chi connectivity index (χ1v) is 5.38. The van der Waals surface area contributed by atoms with Crippen molar-refractivity contribution in [3.8, 4) is 0 Å². The first-order chi connectivity index (χ1) is 6.53. The maximum absolute atomic E-state index is 11.9. The Morgan fingerprint density at radius 3 is 2.93 bits per heavy atom. The summed E-state index contributed by atoms with van der Waals surface area (Å²) in [6, 6.07) is 0.265. The van der Waals surface area contributed by atoms with Gasteiger partial charge in [-0.3, -0.25) is 4.79 Å². The van der Waals surface area contributed by atoms with Crippen molar-refractivity contribution in [2.24, 2.45) is 16.4 Å². The SMILES string of the molecule is CCC1=NN[C@@H]2CC(C)(C)CC(=O)[C@H]12. The van der Waals surface area contributed by atoms with E-state index < -0.39 is 0 Å². The van der Waals surface area contributed by atoms with Gasteiger partial charge < -0.3 is 5.43 Å². The number of carbonyl (C=O) groups is 1. The highest BCUT2D eigenvalue weighted by Gasteiger charge is 2.44. The normalized spacial score (nSPS) is 34.8. The maximum Gasteiger partial charge on any atom is 0.144 e. The van der Waals surface area contributed by atoms with E-state index in [0.29, 0.717) is 12.2 Å². The molecule has 0 radical (unpaired) electrons. The standard InChI is InChI=1S/C11H18N2O/c1-4-7-10-8(13-12-7)5-11(2,3)6-9(10)14/h8,10,13H,4-6H2,1-3H3/t8-,10-/m1/s1. The van der Waals surface area contributed by atoms with Crippen LogP contribution in [0.5, 0.6) is 0 Å². The molecule has 1 saturated carbocycles. The van der Waals surface area contributed by atoms with Gasteiger partial charge in [0.2, 0.25) is 0 Å². The van der Waals surface area contributed by atoms with Crippen molar-refractivity contribution in [2.75, 3.05) is 0 Å². The molecule has 3 heteroatoms. The van der Waals surface area contributed by atoms with Crippen LogP contribution in [0.4, 0.5) is 0 Å². The van der Waals surface area contributed by atoms with Crippen molar-refractivity contribution < 1.29 is 4.79 Å².